The van der Waals surface area contributed by atoms with Crippen LogP contribution in [0.15, 0.2) is 50.9 Å². The first-order valence-electron chi connectivity index (χ1n) is 9.25. The summed E-state index contributed by atoms with van der Waals surface area (Å²) in [4.78, 5) is 12.4. The van der Waals surface area contributed by atoms with Gasteiger partial charge in [-0.15, -0.1) is 0 Å². The number of rotatable bonds is 9. The first-order valence-corrected chi connectivity index (χ1v) is 11.2. The van der Waals surface area contributed by atoms with E-state index in [0.29, 0.717) is 28.6 Å². The van der Waals surface area contributed by atoms with Crippen LogP contribution < -0.4 is 10.1 Å². The van der Waals surface area contributed by atoms with E-state index >= 15 is 0 Å². The number of nitrogens with one attached hydrogen (secondary N) is 1. The number of amides is 1. The standard InChI is InChI=1S/C22H21Br2ClN2O2/c1-2-3-4-5-9-29-21-19(23)11-15(12-20(21)24)10-16(14-26)22(28)27-18-8-6-7-17(25)13-18/h6-8,10-13H,2-5,9H2,1H3,(H,27,28)/b16-10-. The highest BCUT2D eigenvalue weighted by molar-refractivity contribution is 9.11. The Balaban J connectivity index is 2.12. The molecule has 0 bridgehead atoms. The molecule has 0 aliphatic heterocycles. The van der Waals surface area contributed by atoms with Crippen LogP contribution in [0.2, 0.25) is 5.02 Å². The molecule has 0 fully saturated rings. The highest BCUT2D eigenvalue weighted by Crippen LogP contribution is 2.35. The molecule has 152 valence electrons. The molecule has 2 aromatic carbocycles. The van der Waals surface area contributed by atoms with Crippen molar-refractivity contribution in [3.63, 3.8) is 0 Å². The van der Waals surface area contributed by atoms with E-state index in [1.54, 1.807) is 24.3 Å². The van der Waals surface area contributed by atoms with Gasteiger partial charge in [-0.25, -0.2) is 0 Å². The van der Waals surface area contributed by atoms with Crippen molar-refractivity contribution in [3.8, 4) is 11.8 Å². The Morgan fingerprint density at radius 1 is 1.21 bits per heavy atom. The number of anilines is 1. The summed E-state index contributed by atoms with van der Waals surface area (Å²) in [6.45, 7) is 2.81. The van der Waals surface area contributed by atoms with Crippen LogP contribution in [-0.4, -0.2) is 12.5 Å². The van der Waals surface area contributed by atoms with Gasteiger partial charge in [0.05, 0.1) is 15.6 Å². The molecular formula is C22H21Br2ClN2O2. The van der Waals surface area contributed by atoms with Crippen LogP contribution in [0.1, 0.15) is 38.2 Å². The number of nitrogens with zero attached hydrogens (tertiary/aromatic N) is 1. The SMILES string of the molecule is CCCCCCOc1c(Br)cc(/C=C(/C#N)C(=O)Nc2cccc(Cl)c2)cc1Br. The van der Waals surface area contributed by atoms with Crippen LogP contribution in [0, 0.1) is 11.3 Å². The van der Waals surface area contributed by atoms with Gasteiger partial charge >= 0.3 is 0 Å². The zero-order valence-corrected chi connectivity index (χ0v) is 19.9. The molecule has 0 atom stereocenters. The Morgan fingerprint density at radius 2 is 1.93 bits per heavy atom. The molecule has 0 aliphatic rings. The third-order valence-corrected chi connectivity index (χ3v) is 5.44. The number of benzene rings is 2. The number of nitriles is 1. The molecule has 2 aromatic rings. The first kappa shape index (κ1) is 23.5. The third-order valence-electron chi connectivity index (χ3n) is 4.02. The van der Waals surface area contributed by atoms with Crippen molar-refractivity contribution in [1.29, 1.82) is 5.26 Å². The number of halogens is 3. The summed E-state index contributed by atoms with van der Waals surface area (Å²) >= 11 is 12.9. The van der Waals surface area contributed by atoms with E-state index in [9.17, 15) is 10.1 Å². The van der Waals surface area contributed by atoms with Crippen molar-refractivity contribution in [2.24, 2.45) is 0 Å². The molecular weight excluding hydrogens is 520 g/mol. The van der Waals surface area contributed by atoms with Gasteiger partial charge in [0.2, 0.25) is 0 Å². The average Bonchev–Trinajstić information content (AvgIpc) is 2.67. The Labute approximate surface area is 193 Å². The van der Waals surface area contributed by atoms with Crippen molar-refractivity contribution in [2.45, 2.75) is 32.6 Å². The van der Waals surface area contributed by atoms with Crippen molar-refractivity contribution >= 4 is 61.1 Å². The lowest BCUT2D eigenvalue weighted by molar-refractivity contribution is -0.112. The van der Waals surface area contributed by atoms with Gasteiger partial charge in [-0.3, -0.25) is 4.79 Å². The molecule has 7 heteroatoms. The predicted molar refractivity (Wildman–Crippen MR) is 125 cm³/mol. The maximum atomic E-state index is 12.4. The van der Waals surface area contributed by atoms with Crippen LogP contribution in [0.3, 0.4) is 0 Å². The van der Waals surface area contributed by atoms with Crippen LogP contribution in [0.4, 0.5) is 5.69 Å². The molecule has 0 aromatic heterocycles. The summed E-state index contributed by atoms with van der Waals surface area (Å²) < 4.78 is 7.37. The molecule has 1 amide bonds. The van der Waals surface area contributed by atoms with Crippen LogP contribution in [-0.2, 0) is 4.79 Å². The van der Waals surface area contributed by atoms with Crippen LogP contribution in [0.25, 0.3) is 6.08 Å². The second-order valence-electron chi connectivity index (χ2n) is 6.36. The van der Waals surface area contributed by atoms with Gasteiger partial charge in [-0.05, 0) is 80.3 Å². The average molecular weight is 541 g/mol. The highest BCUT2D eigenvalue weighted by Gasteiger charge is 2.13. The van der Waals surface area contributed by atoms with Gasteiger partial charge in [0.25, 0.3) is 5.91 Å². The summed E-state index contributed by atoms with van der Waals surface area (Å²) in [5.74, 6) is 0.207. The lowest BCUT2D eigenvalue weighted by Crippen LogP contribution is -2.13. The van der Waals surface area contributed by atoms with Crippen molar-refractivity contribution in [2.75, 3.05) is 11.9 Å². The fourth-order valence-electron chi connectivity index (χ4n) is 2.58. The molecule has 0 unspecified atom stereocenters. The van der Waals surface area contributed by atoms with Crippen molar-refractivity contribution < 1.29 is 9.53 Å². The smallest absolute Gasteiger partial charge is 0.266 e. The molecule has 1 N–H and O–H groups in total. The molecule has 2 rings (SSSR count). The summed E-state index contributed by atoms with van der Waals surface area (Å²) in [5.41, 5.74) is 1.20. The molecule has 4 nitrogen and oxygen atoms in total. The maximum Gasteiger partial charge on any atom is 0.266 e. The zero-order valence-electron chi connectivity index (χ0n) is 16.0. The van der Waals surface area contributed by atoms with E-state index in [0.717, 1.165) is 21.8 Å². The number of unbranched alkanes of at least 4 members (excludes halogenated alkanes) is 3. The van der Waals surface area contributed by atoms with Gasteiger partial charge < -0.3 is 10.1 Å². The second-order valence-corrected chi connectivity index (χ2v) is 8.50. The number of hydrogen-bond acceptors (Lipinski definition) is 3. The normalized spacial score (nSPS) is 11.1. The summed E-state index contributed by atoms with van der Waals surface area (Å²) in [5, 5.41) is 12.6. The second kappa shape index (κ2) is 12.0. The lowest BCUT2D eigenvalue weighted by atomic mass is 10.1. The van der Waals surface area contributed by atoms with Crippen molar-refractivity contribution in [1.82, 2.24) is 0 Å². The number of ether oxygens (including phenoxy) is 1. The summed E-state index contributed by atoms with van der Waals surface area (Å²) in [6.07, 6.45) is 6.04. The van der Waals surface area contributed by atoms with E-state index in [-0.39, 0.29) is 5.57 Å². The molecule has 0 aliphatic carbocycles. The number of carbonyl (C=O) groups excluding carboxylic acids is 1. The Hall–Kier alpha value is -1.81. The maximum absolute atomic E-state index is 12.4. The molecule has 0 saturated carbocycles. The molecule has 0 radical (unpaired) electrons. The molecule has 0 heterocycles. The topological polar surface area (TPSA) is 62.1 Å². The van der Waals surface area contributed by atoms with E-state index in [1.807, 2.05) is 18.2 Å². The van der Waals surface area contributed by atoms with Gasteiger partial charge in [0, 0.05) is 10.7 Å². The number of hydrogen-bond donors (Lipinski definition) is 1. The Morgan fingerprint density at radius 3 is 2.55 bits per heavy atom. The fourth-order valence-corrected chi connectivity index (χ4v) is 4.22. The van der Waals surface area contributed by atoms with Gasteiger partial charge in [0.15, 0.2) is 0 Å². The van der Waals surface area contributed by atoms with E-state index in [4.69, 9.17) is 16.3 Å². The lowest BCUT2D eigenvalue weighted by Gasteiger charge is -2.11. The molecule has 0 spiro atoms. The highest BCUT2D eigenvalue weighted by atomic mass is 79.9. The quantitative estimate of drug-likeness (QED) is 0.205. The first-order chi connectivity index (χ1) is 13.9. The minimum atomic E-state index is -0.502. The van der Waals surface area contributed by atoms with E-state index in [1.165, 1.54) is 18.9 Å². The minimum absolute atomic E-state index is 0.0167. The monoisotopic (exact) mass is 538 g/mol. The van der Waals surface area contributed by atoms with E-state index in [2.05, 4.69) is 44.1 Å². The molecule has 29 heavy (non-hydrogen) atoms. The largest absolute Gasteiger partial charge is 0.491 e. The summed E-state index contributed by atoms with van der Waals surface area (Å²) in [7, 11) is 0. The van der Waals surface area contributed by atoms with Crippen LogP contribution in [0.5, 0.6) is 5.75 Å². The van der Waals surface area contributed by atoms with Crippen LogP contribution >= 0.6 is 43.5 Å². The van der Waals surface area contributed by atoms with Crippen molar-refractivity contribution in [3.05, 3.63) is 61.5 Å². The fraction of sp³-hybridized carbons (Fsp3) is 0.273. The molecule has 0 saturated heterocycles. The van der Waals surface area contributed by atoms with E-state index < -0.39 is 5.91 Å². The minimum Gasteiger partial charge on any atom is -0.491 e. The zero-order chi connectivity index (χ0) is 21.2. The van der Waals surface area contributed by atoms with Gasteiger partial charge in [-0.1, -0.05) is 43.9 Å². The number of carbonyl (C=O) groups is 1. The van der Waals surface area contributed by atoms with Gasteiger partial charge in [0.1, 0.15) is 17.4 Å². The van der Waals surface area contributed by atoms with Gasteiger partial charge in [-0.2, -0.15) is 5.26 Å². The summed E-state index contributed by atoms with van der Waals surface area (Å²) in [6, 6.07) is 12.3. The Kier molecular flexibility index (Phi) is 9.72. The predicted octanol–water partition coefficient (Wildman–Crippen LogP) is 7.37. The Bertz CT molecular complexity index is 916. The third kappa shape index (κ3) is 7.50.